The summed E-state index contributed by atoms with van der Waals surface area (Å²) in [5.74, 6) is -0.897. The van der Waals surface area contributed by atoms with Crippen LogP contribution in [0.3, 0.4) is 0 Å². The van der Waals surface area contributed by atoms with Gasteiger partial charge in [-0.05, 0) is 75.1 Å². The van der Waals surface area contributed by atoms with Gasteiger partial charge in [-0.3, -0.25) is 9.59 Å². The molecule has 0 unspecified atom stereocenters. The molecule has 52 heavy (non-hydrogen) atoms. The molecule has 4 rings (SSSR count). The van der Waals surface area contributed by atoms with Gasteiger partial charge in [0.15, 0.2) is 5.71 Å². The number of allylic oxidation sites excluding steroid dienone is 4. The largest absolute Gasteiger partial charge is 1.00 e. The Hall–Kier alpha value is 0.350. The molecular weight excluding hydrogens is 790 g/mol. The van der Waals surface area contributed by atoms with Gasteiger partial charge < -0.3 is 19.3 Å². The molecule has 14 nitrogen and oxygen atoms in total. The van der Waals surface area contributed by atoms with Crippen molar-refractivity contribution in [1.29, 1.82) is 0 Å². The Morgan fingerprint density at radius 1 is 0.865 bits per heavy atom. The van der Waals surface area contributed by atoms with Crippen LogP contribution in [0.25, 0.3) is 0 Å². The van der Waals surface area contributed by atoms with E-state index in [4.69, 9.17) is 0 Å². The van der Waals surface area contributed by atoms with Gasteiger partial charge >= 0.3 is 88.7 Å². The number of fused-ring (bicyclic) bond motifs is 2. The third-order valence-corrected chi connectivity index (χ3v) is 11.7. The van der Waals surface area contributed by atoms with Gasteiger partial charge in [0.25, 0.3) is 10.1 Å². The van der Waals surface area contributed by atoms with E-state index in [9.17, 15) is 44.2 Å². The van der Waals surface area contributed by atoms with Crippen LogP contribution in [0.4, 0.5) is 11.4 Å². The van der Waals surface area contributed by atoms with Crippen molar-refractivity contribution < 1.29 is 147 Å². The fourth-order valence-electron chi connectivity index (χ4n) is 6.39. The van der Waals surface area contributed by atoms with E-state index in [0.717, 1.165) is 34.7 Å². The summed E-state index contributed by atoms with van der Waals surface area (Å²) < 4.78 is 108. The Morgan fingerprint density at radius 3 is 2.12 bits per heavy atom. The molecule has 0 fully saturated rings. The zero-order chi connectivity index (χ0) is 36.4. The predicted octanol–water partition coefficient (Wildman–Crippen LogP) is -5.56. The summed E-state index contributed by atoms with van der Waals surface area (Å²) in [5.41, 5.74) is 3.23. The molecule has 2 aliphatic rings. The summed E-state index contributed by atoms with van der Waals surface area (Å²) in [4.78, 5) is 2.17. The van der Waals surface area contributed by atoms with E-state index in [1.165, 1.54) is 12.1 Å². The van der Waals surface area contributed by atoms with E-state index in [1.54, 1.807) is 12.1 Å². The smallest absolute Gasteiger partial charge is 0.748 e. The fourth-order valence-corrected chi connectivity index (χ4v) is 8.40. The number of hydrogen-bond donors (Lipinski definition) is 1. The van der Waals surface area contributed by atoms with E-state index < -0.39 is 46.9 Å². The van der Waals surface area contributed by atoms with Crippen LogP contribution in [0.2, 0.25) is 0 Å². The number of unbranched alkanes of at least 4 members (excludes halogenated alkanes) is 2. The molecule has 2 aromatic rings. The third-order valence-electron chi connectivity index (χ3n) is 8.74. The number of rotatable bonds is 16. The Kier molecular flexibility index (Phi) is 19.5. The molecule has 0 amide bonds. The second-order valence-electron chi connectivity index (χ2n) is 12.8. The number of anilines is 1. The van der Waals surface area contributed by atoms with Gasteiger partial charge in [0.2, 0.25) is 5.69 Å². The molecular formula is C31H38N2Na3O12S4+. The molecule has 2 aliphatic heterocycles. The Balaban J connectivity index is 0.00000451. The zero-order valence-corrected chi connectivity index (χ0v) is 39.6. The van der Waals surface area contributed by atoms with Gasteiger partial charge in [0.1, 0.15) is 16.7 Å². The summed E-state index contributed by atoms with van der Waals surface area (Å²) in [6, 6.07) is 9.62. The molecule has 0 spiro atoms. The maximum atomic E-state index is 11.9. The van der Waals surface area contributed by atoms with Crippen LogP contribution in [-0.2, 0) is 50.6 Å². The van der Waals surface area contributed by atoms with Gasteiger partial charge in [0.05, 0.1) is 38.2 Å². The topological polar surface area (TPSA) is 217 Å². The average molecular weight is 828 g/mol. The number of hydrogen-bond acceptors (Lipinski definition) is 13. The number of nitrogens with zero attached hydrogens (tertiary/aromatic N) is 2. The first-order valence-electron chi connectivity index (χ1n) is 15.2. The standard InChI is InChI=1S/C31H40N2O12S4.3Na/c1-30(2)24-20-22(46-45-44-34)12-14-26(24)32(16-5-7-18-47(35,36)37)28(30)10-9-11-29-31(3,4)25-21-23(49(41,42)43)13-15-27(25)33(29)17-6-8-19-48(38,39)40;;;/h9-15,20-21H,5-8,16-19H2,1-4H3,(H3-,34,35,36,37,38,39,40,41,42,43);;;/q;3*+1/p-2. The summed E-state index contributed by atoms with van der Waals surface area (Å²) in [7, 11) is -13.3. The fraction of sp³-hybridized carbons (Fsp3) is 0.452. The maximum Gasteiger partial charge on any atom is 1.00 e. The van der Waals surface area contributed by atoms with Crippen molar-refractivity contribution in [3.63, 3.8) is 0 Å². The van der Waals surface area contributed by atoms with Crippen molar-refractivity contribution in [3.8, 4) is 0 Å². The molecule has 0 atom stereocenters. The van der Waals surface area contributed by atoms with Crippen LogP contribution in [0.5, 0.6) is 0 Å². The summed E-state index contributed by atoms with van der Waals surface area (Å²) in [6.07, 6.45) is 6.74. The van der Waals surface area contributed by atoms with Crippen LogP contribution < -0.4 is 98.8 Å². The van der Waals surface area contributed by atoms with Crippen LogP contribution >= 0.6 is 12.0 Å². The summed E-state index contributed by atoms with van der Waals surface area (Å²) in [6.45, 7) is 8.52. The minimum atomic E-state index is -4.74. The monoisotopic (exact) mass is 827 g/mol. The average Bonchev–Trinajstić information content (AvgIpc) is 3.33. The molecule has 0 aliphatic carbocycles. The molecule has 270 valence electrons. The molecule has 0 saturated heterocycles. The third kappa shape index (κ3) is 12.7. The van der Waals surface area contributed by atoms with Crippen molar-refractivity contribution in [2.24, 2.45) is 0 Å². The molecule has 0 bridgehead atoms. The Morgan fingerprint density at radius 2 is 1.52 bits per heavy atom. The van der Waals surface area contributed by atoms with E-state index in [0.29, 0.717) is 42.1 Å². The first-order chi connectivity index (χ1) is 22.7. The van der Waals surface area contributed by atoms with Gasteiger partial charge in [-0.25, -0.2) is 16.8 Å². The van der Waals surface area contributed by atoms with Crippen LogP contribution in [0, 0.1) is 0 Å². The van der Waals surface area contributed by atoms with Crippen LogP contribution in [0.1, 0.15) is 64.5 Å². The summed E-state index contributed by atoms with van der Waals surface area (Å²) in [5, 5.41) is 13.9. The first kappa shape index (κ1) is 50.4. The van der Waals surface area contributed by atoms with Gasteiger partial charge in [-0.15, -0.1) is 0 Å². The van der Waals surface area contributed by atoms with Crippen molar-refractivity contribution in [2.75, 3.05) is 29.5 Å². The van der Waals surface area contributed by atoms with E-state index in [2.05, 4.69) is 13.9 Å². The van der Waals surface area contributed by atoms with E-state index >= 15 is 0 Å². The van der Waals surface area contributed by atoms with Gasteiger partial charge in [0, 0.05) is 58.1 Å². The van der Waals surface area contributed by atoms with Crippen LogP contribution in [0.15, 0.2) is 70.1 Å². The van der Waals surface area contributed by atoms with Gasteiger partial charge in [-0.1, -0.05) is 19.9 Å². The summed E-state index contributed by atoms with van der Waals surface area (Å²) >= 11 is 0.756. The normalized spacial score (nSPS) is 17.1. The van der Waals surface area contributed by atoms with E-state index in [1.807, 2.05) is 63.0 Å². The molecule has 21 heteroatoms. The SMILES string of the molecule is CC1(C)C(C=C/C=C2/N(CCCCS(=O)(=O)[O-])c3ccc(S(=O)(=O)[O-])cc3C2(C)C)=[N+](CCCCS(=O)(=O)O)c2ccc(SOO[O-])cc21.[Na+].[Na+].[Na+]. The quantitative estimate of drug-likeness (QED) is 0.0318. The van der Waals surface area contributed by atoms with Crippen molar-refractivity contribution in [3.05, 3.63) is 71.5 Å². The van der Waals surface area contributed by atoms with Crippen molar-refractivity contribution in [1.82, 2.24) is 0 Å². The van der Waals surface area contributed by atoms with Crippen molar-refractivity contribution >= 4 is 59.5 Å². The van der Waals surface area contributed by atoms with Crippen LogP contribution in [-0.4, -0.2) is 73.8 Å². The van der Waals surface area contributed by atoms with Crippen molar-refractivity contribution in [2.45, 2.75) is 74.0 Å². The second-order valence-corrected chi connectivity index (χ2v) is 18.1. The van der Waals surface area contributed by atoms with E-state index in [-0.39, 0.29) is 112 Å². The Labute approximate surface area is 376 Å². The van der Waals surface area contributed by atoms with Gasteiger partial charge in [-0.2, -0.15) is 17.3 Å². The minimum absolute atomic E-state index is 0. The Bertz CT molecular complexity index is 2020. The zero-order valence-electron chi connectivity index (χ0n) is 30.3. The maximum absolute atomic E-state index is 11.9. The predicted molar refractivity (Wildman–Crippen MR) is 179 cm³/mol. The number of benzene rings is 2. The molecule has 0 aromatic heterocycles. The molecule has 2 heterocycles. The first-order valence-corrected chi connectivity index (χ1v) is 20.6. The molecule has 2 aromatic carbocycles. The minimum Gasteiger partial charge on any atom is -0.748 e. The molecule has 0 radical (unpaired) electrons. The second kappa shape index (κ2) is 20.2. The molecule has 1 N–H and O–H groups in total. The molecule has 0 saturated carbocycles.